The first-order valence-electron chi connectivity index (χ1n) is 12.3. The van der Waals surface area contributed by atoms with Crippen LogP contribution >= 0.6 is 11.3 Å². The highest BCUT2D eigenvalue weighted by Crippen LogP contribution is 2.39. The summed E-state index contributed by atoms with van der Waals surface area (Å²) >= 11 is 1.55. The number of thiophene rings is 1. The van der Waals surface area contributed by atoms with Crippen molar-refractivity contribution < 1.29 is 14.7 Å². The van der Waals surface area contributed by atoms with Crippen molar-refractivity contribution in [3.05, 3.63) is 76.2 Å². The van der Waals surface area contributed by atoms with E-state index in [2.05, 4.69) is 25.7 Å². The molecule has 4 aromatic rings. The maximum Gasteiger partial charge on any atom is 0.256 e. The van der Waals surface area contributed by atoms with Gasteiger partial charge in [0.15, 0.2) is 0 Å². The van der Waals surface area contributed by atoms with Gasteiger partial charge < -0.3 is 20.6 Å². The molecule has 1 unspecified atom stereocenters. The smallest absolute Gasteiger partial charge is 0.256 e. The molecule has 0 spiro atoms. The normalized spacial score (nSPS) is 14.3. The molecule has 3 N–H and O–H groups in total. The van der Waals surface area contributed by atoms with Crippen LogP contribution in [0.4, 0.5) is 11.6 Å². The van der Waals surface area contributed by atoms with Gasteiger partial charge in [-0.15, -0.1) is 11.3 Å². The molecule has 0 fully saturated rings. The summed E-state index contributed by atoms with van der Waals surface area (Å²) in [7, 11) is 1.85. The molecule has 0 aliphatic carbocycles. The molecule has 2 atom stereocenters. The molecule has 1 aliphatic rings. The molecule has 0 saturated heterocycles. The number of nitrogens with one attached hydrogen (secondary N) is 2. The third-order valence-corrected chi connectivity index (χ3v) is 7.83. The van der Waals surface area contributed by atoms with Crippen molar-refractivity contribution in [3.8, 4) is 10.4 Å². The average Bonchev–Trinajstić information content (AvgIpc) is 3.59. The van der Waals surface area contributed by atoms with Crippen LogP contribution in [0.1, 0.15) is 45.2 Å². The molecule has 10 nitrogen and oxygen atoms in total. The number of carbonyl (C=O) groups is 2. The first-order chi connectivity index (χ1) is 18.2. The van der Waals surface area contributed by atoms with E-state index in [1.165, 1.54) is 0 Å². The number of rotatable bonds is 8. The van der Waals surface area contributed by atoms with Crippen molar-refractivity contribution in [1.29, 1.82) is 0 Å². The van der Waals surface area contributed by atoms with Gasteiger partial charge in [-0.3, -0.25) is 19.3 Å². The van der Waals surface area contributed by atoms with Crippen LogP contribution in [0.25, 0.3) is 10.4 Å². The minimum atomic E-state index is -0.707. The number of anilines is 2. The molecule has 0 aromatic carbocycles. The van der Waals surface area contributed by atoms with Gasteiger partial charge in [-0.2, -0.15) is 5.10 Å². The summed E-state index contributed by atoms with van der Waals surface area (Å²) in [5, 5.41) is 20.1. The van der Waals surface area contributed by atoms with E-state index in [4.69, 9.17) is 0 Å². The van der Waals surface area contributed by atoms with Gasteiger partial charge in [0.25, 0.3) is 5.91 Å². The Hall–Kier alpha value is -4.09. The minimum absolute atomic E-state index is 0.181. The number of pyridine rings is 2. The molecule has 5 rings (SSSR count). The highest BCUT2D eigenvalue weighted by molar-refractivity contribution is 7.16. The fourth-order valence-corrected chi connectivity index (χ4v) is 5.68. The maximum absolute atomic E-state index is 13.3. The van der Waals surface area contributed by atoms with Crippen LogP contribution in [0.3, 0.4) is 0 Å². The Morgan fingerprint density at radius 1 is 1.21 bits per heavy atom. The largest absolute Gasteiger partial charge is 0.394 e. The molecule has 1 aliphatic heterocycles. The molecule has 11 heteroatoms. The van der Waals surface area contributed by atoms with E-state index in [0.717, 1.165) is 32.4 Å². The highest BCUT2D eigenvalue weighted by Gasteiger charge is 2.36. The second-order valence-corrected chi connectivity index (χ2v) is 10.5. The van der Waals surface area contributed by atoms with Gasteiger partial charge in [0.1, 0.15) is 17.7 Å². The maximum atomic E-state index is 13.3. The van der Waals surface area contributed by atoms with Crippen LogP contribution in [0.15, 0.2) is 48.8 Å². The second kappa shape index (κ2) is 10.3. The third-order valence-electron chi connectivity index (χ3n) is 6.67. The number of aliphatic hydroxyl groups is 1. The van der Waals surface area contributed by atoms with Crippen molar-refractivity contribution in [2.24, 2.45) is 7.05 Å². The zero-order valence-electron chi connectivity index (χ0n) is 21.6. The zero-order valence-corrected chi connectivity index (χ0v) is 22.4. The van der Waals surface area contributed by atoms with Crippen LogP contribution in [0, 0.1) is 13.8 Å². The van der Waals surface area contributed by atoms with E-state index < -0.39 is 12.1 Å². The van der Waals surface area contributed by atoms with Crippen LogP contribution in [-0.4, -0.2) is 54.2 Å². The van der Waals surface area contributed by atoms with Gasteiger partial charge in [0.05, 0.1) is 36.6 Å². The third kappa shape index (κ3) is 4.90. The molecule has 5 heterocycles. The summed E-state index contributed by atoms with van der Waals surface area (Å²) in [5.74, 6) is 0.981. The lowest BCUT2D eigenvalue weighted by Gasteiger charge is -2.26. The number of hydrogen-bond donors (Lipinski definition) is 3. The Morgan fingerprint density at radius 2 is 2.03 bits per heavy atom. The Morgan fingerprint density at radius 3 is 2.71 bits per heavy atom. The SMILES string of the molecule is Cc1cccc(C(CO)NC(=O)[C@@H](C)N2Cc3sc(-c4cc(Nc5ccnn5C)ncc4C)cc3C2=O)n1. The molecule has 4 aromatic heterocycles. The number of aromatic nitrogens is 4. The number of hydrogen-bond acceptors (Lipinski definition) is 8. The van der Waals surface area contributed by atoms with E-state index in [1.807, 2.05) is 51.2 Å². The van der Waals surface area contributed by atoms with Crippen LogP contribution in [0.5, 0.6) is 0 Å². The molecule has 38 heavy (non-hydrogen) atoms. The van der Waals surface area contributed by atoms with Crippen molar-refractivity contribution in [2.75, 3.05) is 11.9 Å². The van der Waals surface area contributed by atoms with E-state index in [0.29, 0.717) is 23.6 Å². The molecular formula is C27H29N7O3S. The van der Waals surface area contributed by atoms with Crippen molar-refractivity contribution in [3.63, 3.8) is 0 Å². The van der Waals surface area contributed by atoms with Crippen LogP contribution in [-0.2, 0) is 18.4 Å². The van der Waals surface area contributed by atoms with Gasteiger partial charge in [-0.1, -0.05) is 6.07 Å². The first-order valence-corrected chi connectivity index (χ1v) is 13.1. The Kier molecular flexibility index (Phi) is 6.96. The van der Waals surface area contributed by atoms with Gasteiger partial charge in [0, 0.05) is 34.8 Å². The average molecular weight is 532 g/mol. The van der Waals surface area contributed by atoms with E-state index in [-0.39, 0.29) is 18.4 Å². The monoisotopic (exact) mass is 531 g/mol. The quantitative estimate of drug-likeness (QED) is 0.318. The van der Waals surface area contributed by atoms with Gasteiger partial charge in [-0.05, 0) is 56.2 Å². The van der Waals surface area contributed by atoms with Gasteiger partial charge in [-0.25, -0.2) is 4.98 Å². The molecular weight excluding hydrogens is 502 g/mol. The molecule has 0 bridgehead atoms. The number of amides is 2. The number of nitrogens with zero attached hydrogens (tertiary/aromatic N) is 5. The second-order valence-electron chi connectivity index (χ2n) is 9.35. The van der Waals surface area contributed by atoms with Crippen molar-refractivity contribution in [2.45, 2.75) is 39.4 Å². The predicted molar refractivity (Wildman–Crippen MR) is 145 cm³/mol. The van der Waals surface area contributed by atoms with E-state index in [9.17, 15) is 14.7 Å². The lowest BCUT2D eigenvalue weighted by atomic mass is 10.1. The topological polar surface area (TPSA) is 125 Å². The first kappa shape index (κ1) is 25.6. The Labute approximate surface area is 224 Å². The van der Waals surface area contributed by atoms with E-state index >= 15 is 0 Å². The predicted octanol–water partition coefficient (Wildman–Crippen LogP) is 3.49. The molecule has 2 amide bonds. The lowest BCUT2D eigenvalue weighted by Crippen LogP contribution is -2.47. The Balaban J connectivity index is 1.30. The van der Waals surface area contributed by atoms with E-state index in [1.54, 1.807) is 46.3 Å². The number of aryl methyl sites for hydroxylation is 3. The lowest BCUT2D eigenvalue weighted by molar-refractivity contribution is -0.126. The fourth-order valence-electron chi connectivity index (χ4n) is 4.44. The summed E-state index contributed by atoms with van der Waals surface area (Å²) in [6.07, 6.45) is 3.52. The zero-order chi connectivity index (χ0) is 27.0. The molecule has 0 saturated carbocycles. The minimum Gasteiger partial charge on any atom is -0.394 e. The summed E-state index contributed by atoms with van der Waals surface area (Å²) < 4.78 is 1.73. The molecule has 0 radical (unpaired) electrons. The van der Waals surface area contributed by atoms with Gasteiger partial charge >= 0.3 is 0 Å². The standard InChI is InChI=1S/C27H29N7O3S/c1-15-12-28-24(32-25-8-9-29-33(25)4)11-18(15)22-10-19-23(38-22)13-34(27(19)37)17(3)26(36)31-21(14-35)20-7-5-6-16(2)30-20/h5-12,17,21,35H,13-14H2,1-4H3,(H,28,32)(H,31,36)/t17-,21?/m1/s1. The fraction of sp³-hybridized carbons (Fsp3) is 0.296. The summed E-state index contributed by atoms with van der Waals surface area (Å²) in [6.45, 7) is 5.60. The number of carbonyl (C=O) groups excluding carboxylic acids is 2. The summed E-state index contributed by atoms with van der Waals surface area (Å²) in [4.78, 5) is 38.7. The van der Waals surface area contributed by atoms with Crippen molar-refractivity contribution in [1.82, 2.24) is 30.0 Å². The van der Waals surface area contributed by atoms with Crippen LogP contribution < -0.4 is 10.6 Å². The van der Waals surface area contributed by atoms with Crippen LogP contribution in [0.2, 0.25) is 0 Å². The number of fused-ring (bicyclic) bond motifs is 1. The summed E-state index contributed by atoms with van der Waals surface area (Å²) in [6, 6.07) is 9.82. The summed E-state index contributed by atoms with van der Waals surface area (Å²) in [5.41, 5.74) is 3.97. The highest BCUT2D eigenvalue weighted by atomic mass is 32.1. The Bertz CT molecular complexity index is 1510. The van der Waals surface area contributed by atoms with Gasteiger partial charge in [0.2, 0.25) is 5.91 Å². The molecule has 196 valence electrons. The number of aliphatic hydroxyl groups excluding tert-OH is 1. The van der Waals surface area contributed by atoms with Crippen molar-refractivity contribution >= 4 is 34.8 Å².